The van der Waals surface area contributed by atoms with Gasteiger partial charge in [0.1, 0.15) is 6.04 Å². The molecule has 1 atom stereocenters. The van der Waals surface area contributed by atoms with Crippen molar-refractivity contribution >= 4 is 40.5 Å². The zero-order valence-corrected chi connectivity index (χ0v) is 13.9. The summed E-state index contributed by atoms with van der Waals surface area (Å²) in [4.78, 5) is 5.74. The lowest BCUT2D eigenvalue weighted by molar-refractivity contribution is -0.184. The van der Waals surface area contributed by atoms with Crippen molar-refractivity contribution in [3.8, 4) is 0 Å². The number of thiazole rings is 1. The van der Waals surface area contributed by atoms with Crippen LogP contribution in [0.3, 0.4) is 0 Å². The number of rotatable bonds is 4. The number of halogens is 5. The average molecular weight is 372 g/mol. The lowest BCUT2D eigenvalue weighted by atomic mass is 10.1. The number of alkyl halides is 3. The Bertz CT molecular complexity index is 601. The van der Waals surface area contributed by atoms with E-state index in [0.717, 1.165) is 0 Å². The molecule has 0 saturated carbocycles. The van der Waals surface area contributed by atoms with E-state index in [1.54, 1.807) is 0 Å². The highest BCUT2D eigenvalue weighted by Gasteiger charge is 2.43. The molecule has 3 nitrogen and oxygen atoms in total. The molecule has 0 radical (unpaired) electrons. The molecule has 22 heavy (non-hydrogen) atoms. The molecule has 2 rings (SSSR count). The lowest BCUT2D eigenvalue weighted by Gasteiger charge is -2.29. The summed E-state index contributed by atoms with van der Waals surface area (Å²) in [6, 6.07) is 3.97. The van der Waals surface area contributed by atoms with Crippen LogP contribution in [-0.4, -0.2) is 23.1 Å². The second-order valence-corrected chi connectivity index (χ2v) is 6.16. The van der Waals surface area contributed by atoms with E-state index in [9.17, 15) is 13.2 Å². The highest BCUT2D eigenvalue weighted by atomic mass is 35.5. The monoisotopic (exact) mass is 371 g/mol. The number of anilines is 1. The molecule has 1 aromatic heterocycles. The van der Waals surface area contributed by atoms with Crippen LogP contribution in [0.25, 0.3) is 0 Å². The standard InChI is InChI=1S/C13H13ClF3N3S.ClH/c1-20(7-10-6-19-12(18)21-10)11(13(15,16)17)8-2-4-9(14)5-3-8;/h2-6,11H,7H2,1H3,(H2,18,19);1H. The predicted molar refractivity (Wildman–Crippen MR) is 85.5 cm³/mol. The first-order valence-electron chi connectivity index (χ1n) is 6.00. The molecule has 0 bridgehead atoms. The van der Waals surface area contributed by atoms with E-state index in [1.165, 1.54) is 53.7 Å². The lowest BCUT2D eigenvalue weighted by Crippen LogP contribution is -2.35. The zero-order chi connectivity index (χ0) is 15.6. The fourth-order valence-electron chi connectivity index (χ4n) is 2.07. The molecule has 0 aliphatic carbocycles. The topological polar surface area (TPSA) is 42.2 Å². The molecule has 0 fully saturated rings. The summed E-state index contributed by atoms with van der Waals surface area (Å²) in [5, 5.41) is 0.742. The Morgan fingerprint density at radius 2 is 1.91 bits per heavy atom. The number of benzene rings is 1. The molecule has 9 heteroatoms. The van der Waals surface area contributed by atoms with Crippen LogP contribution in [-0.2, 0) is 6.54 Å². The minimum atomic E-state index is -4.39. The molecule has 0 aliphatic heterocycles. The Morgan fingerprint density at radius 1 is 1.32 bits per heavy atom. The van der Waals surface area contributed by atoms with Gasteiger partial charge < -0.3 is 5.73 Å². The van der Waals surface area contributed by atoms with Crippen LogP contribution in [0.15, 0.2) is 30.5 Å². The molecular weight excluding hydrogens is 358 g/mol. The molecular formula is C13H14Cl2F3N3S. The zero-order valence-electron chi connectivity index (χ0n) is 11.5. The van der Waals surface area contributed by atoms with E-state index in [-0.39, 0.29) is 24.5 Å². The van der Waals surface area contributed by atoms with Crippen LogP contribution in [0.5, 0.6) is 0 Å². The van der Waals surface area contributed by atoms with Crippen LogP contribution in [0.2, 0.25) is 5.02 Å². The third kappa shape index (κ3) is 4.74. The smallest absolute Gasteiger partial charge is 0.375 e. The van der Waals surface area contributed by atoms with Gasteiger partial charge in [0.25, 0.3) is 0 Å². The van der Waals surface area contributed by atoms with Crippen LogP contribution in [0.4, 0.5) is 18.3 Å². The van der Waals surface area contributed by atoms with Gasteiger partial charge in [-0.05, 0) is 24.7 Å². The maximum atomic E-state index is 13.4. The Labute approximate surface area is 141 Å². The Morgan fingerprint density at radius 3 is 2.36 bits per heavy atom. The minimum absolute atomic E-state index is 0. The van der Waals surface area contributed by atoms with Crippen LogP contribution < -0.4 is 5.73 Å². The van der Waals surface area contributed by atoms with Crippen molar-refractivity contribution in [1.82, 2.24) is 9.88 Å². The van der Waals surface area contributed by atoms with Crippen molar-refractivity contribution in [1.29, 1.82) is 0 Å². The maximum absolute atomic E-state index is 13.4. The van der Waals surface area contributed by atoms with Gasteiger partial charge in [0.15, 0.2) is 5.13 Å². The van der Waals surface area contributed by atoms with Gasteiger partial charge in [-0.3, -0.25) is 4.90 Å². The Kier molecular flexibility index (Phi) is 6.49. The SMILES string of the molecule is CN(Cc1cnc(N)s1)C(c1ccc(Cl)cc1)C(F)(F)F.Cl. The van der Waals surface area contributed by atoms with Crippen LogP contribution >= 0.6 is 35.3 Å². The molecule has 1 heterocycles. The molecule has 2 aromatic rings. The van der Waals surface area contributed by atoms with Crippen molar-refractivity contribution < 1.29 is 13.2 Å². The van der Waals surface area contributed by atoms with Gasteiger partial charge in [0, 0.05) is 22.6 Å². The average Bonchev–Trinajstić information content (AvgIpc) is 2.76. The third-order valence-electron chi connectivity index (χ3n) is 2.91. The molecule has 0 amide bonds. The number of hydrogen-bond donors (Lipinski definition) is 1. The van der Waals surface area contributed by atoms with Gasteiger partial charge >= 0.3 is 6.18 Å². The number of nitrogens with two attached hydrogens (primary N) is 1. The maximum Gasteiger partial charge on any atom is 0.408 e. The molecule has 0 spiro atoms. The van der Waals surface area contributed by atoms with E-state index in [4.69, 9.17) is 17.3 Å². The van der Waals surface area contributed by atoms with Gasteiger partial charge in [-0.25, -0.2) is 4.98 Å². The summed E-state index contributed by atoms with van der Waals surface area (Å²) in [5.74, 6) is 0. The predicted octanol–water partition coefficient (Wildman–Crippen LogP) is 4.54. The van der Waals surface area contributed by atoms with Gasteiger partial charge in [0.2, 0.25) is 0 Å². The summed E-state index contributed by atoms with van der Waals surface area (Å²) in [7, 11) is 1.42. The van der Waals surface area contributed by atoms with Gasteiger partial charge in [0.05, 0.1) is 0 Å². The van der Waals surface area contributed by atoms with E-state index >= 15 is 0 Å². The fraction of sp³-hybridized carbons (Fsp3) is 0.308. The van der Waals surface area contributed by atoms with Gasteiger partial charge in [-0.2, -0.15) is 13.2 Å². The normalized spacial score (nSPS) is 13.0. The van der Waals surface area contributed by atoms with E-state index in [2.05, 4.69) is 4.98 Å². The molecule has 1 aromatic carbocycles. The van der Waals surface area contributed by atoms with Gasteiger partial charge in [-0.1, -0.05) is 23.7 Å². The van der Waals surface area contributed by atoms with Crippen molar-refractivity contribution in [2.75, 3.05) is 12.8 Å². The van der Waals surface area contributed by atoms with Gasteiger partial charge in [-0.15, -0.1) is 23.7 Å². The van der Waals surface area contributed by atoms with E-state index in [0.29, 0.717) is 15.0 Å². The number of hydrogen-bond acceptors (Lipinski definition) is 4. The molecule has 2 N–H and O–H groups in total. The first-order chi connectivity index (χ1) is 9.77. The number of nitrogens with zero attached hydrogens (tertiary/aromatic N) is 2. The van der Waals surface area contributed by atoms with Crippen molar-refractivity contribution in [2.24, 2.45) is 0 Å². The minimum Gasteiger partial charge on any atom is -0.375 e. The molecule has 122 valence electrons. The van der Waals surface area contributed by atoms with Crippen LogP contribution in [0.1, 0.15) is 16.5 Å². The summed E-state index contributed by atoms with van der Waals surface area (Å²) >= 11 is 6.91. The summed E-state index contributed by atoms with van der Waals surface area (Å²) < 4.78 is 40.1. The molecule has 1 unspecified atom stereocenters. The first-order valence-corrected chi connectivity index (χ1v) is 7.19. The quantitative estimate of drug-likeness (QED) is 0.857. The second-order valence-electron chi connectivity index (χ2n) is 4.58. The largest absolute Gasteiger partial charge is 0.408 e. The molecule has 0 saturated heterocycles. The van der Waals surface area contributed by atoms with Crippen molar-refractivity contribution in [3.05, 3.63) is 45.9 Å². The number of nitrogen functional groups attached to an aromatic ring is 1. The van der Waals surface area contributed by atoms with E-state index < -0.39 is 12.2 Å². The first kappa shape index (κ1) is 19.0. The summed E-state index contributed by atoms with van der Waals surface area (Å²) in [6.45, 7) is 0.113. The highest BCUT2D eigenvalue weighted by molar-refractivity contribution is 7.15. The van der Waals surface area contributed by atoms with E-state index in [1.807, 2.05) is 0 Å². The molecule has 0 aliphatic rings. The number of aromatic nitrogens is 1. The van der Waals surface area contributed by atoms with Crippen molar-refractivity contribution in [3.63, 3.8) is 0 Å². The van der Waals surface area contributed by atoms with Crippen molar-refractivity contribution in [2.45, 2.75) is 18.8 Å². The third-order valence-corrected chi connectivity index (χ3v) is 3.98. The fourth-order valence-corrected chi connectivity index (χ4v) is 2.94. The summed E-state index contributed by atoms with van der Waals surface area (Å²) in [6.07, 6.45) is -2.90. The Balaban J connectivity index is 0.00000242. The van der Waals surface area contributed by atoms with Crippen LogP contribution in [0, 0.1) is 0 Å². The summed E-state index contributed by atoms with van der Waals surface area (Å²) in [5.41, 5.74) is 5.64. The Hall–Kier alpha value is -1.02. The second kappa shape index (κ2) is 7.50. The highest BCUT2D eigenvalue weighted by Crippen LogP contribution is 2.38.